The molecule has 0 heterocycles. The van der Waals surface area contributed by atoms with Crippen LogP contribution in [0.4, 0.5) is 4.39 Å². The molecule has 114 valence electrons. The maximum atomic E-state index is 13.9. The molecule has 0 radical (unpaired) electrons. The maximum absolute atomic E-state index is 13.9. The molecule has 0 amide bonds. The third-order valence-electron chi connectivity index (χ3n) is 2.96. The van der Waals surface area contributed by atoms with E-state index in [0.29, 0.717) is 18.9 Å². The lowest BCUT2D eigenvalue weighted by atomic mass is 9.93. The van der Waals surface area contributed by atoms with E-state index in [9.17, 15) is 4.39 Å². The van der Waals surface area contributed by atoms with Crippen molar-refractivity contribution >= 4 is 0 Å². The van der Waals surface area contributed by atoms with Crippen LogP contribution in [-0.2, 0) is 6.54 Å². The summed E-state index contributed by atoms with van der Waals surface area (Å²) < 4.78 is 19.6. The third-order valence-corrected chi connectivity index (χ3v) is 2.96. The van der Waals surface area contributed by atoms with Crippen LogP contribution in [0.15, 0.2) is 18.2 Å². The third kappa shape index (κ3) is 6.38. The Balaban J connectivity index is 2.73. The van der Waals surface area contributed by atoms with Crippen LogP contribution in [0, 0.1) is 11.2 Å². The lowest BCUT2D eigenvalue weighted by Gasteiger charge is -2.23. The molecule has 0 saturated heterocycles. The van der Waals surface area contributed by atoms with Crippen molar-refractivity contribution in [3.05, 3.63) is 29.6 Å². The van der Waals surface area contributed by atoms with E-state index < -0.39 is 0 Å². The molecule has 0 atom stereocenters. The van der Waals surface area contributed by atoms with Gasteiger partial charge in [0.05, 0.1) is 6.61 Å². The fraction of sp³-hybridized carbons (Fsp3) is 0.647. The molecule has 0 spiro atoms. The SMILES string of the molecule is CC(C)(C)CCOc1c(F)cccc1CNC(C)(C)C. The number of rotatable bonds is 5. The zero-order valence-corrected chi connectivity index (χ0v) is 13.6. The molecule has 2 nitrogen and oxygen atoms in total. The van der Waals surface area contributed by atoms with E-state index in [1.165, 1.54) is 6.07 Å². The number of benzene rings is 1. The van der Waals surface area contributed by atoms with Gasteiger partial charge in [0.15, 0.2) is 11.6 Å². The van der Waals surface area contributed by atoms with E-state index in [4.69, 9.17) is 4.74 Å². The molecule has 0 aromatic heterocycles. The lowest BCUT2D eigenvalue weighted by Crippen LogP contribution is -2.35. The quantitative estimate of drug-likeness (QED) is 0.856. The van der Waals surface area contributed by atoms with Crippen LogP contribution >= 0.6 is 0 Å². The van der Waals surface area contributed by atoms with Gasteiger partial charge in [0.2, 0.25) is 0 Å². The molecule has 1 rings (SSSR count). The summed E-state index contributed by atoms with van der Waals surface area (Å²) in [6, 6.07) is 5.09. The Kier molecular flexibility index (Phi) is 5.58. The summed E-state index contributed by atoms with van der Waals surface area (Å²) in [5.41, 5.74) is 1.05. The zero-order valence-electron chi connectivity index (χ0n) is 13.6. The number of hydrogen-bond donors (Lipinski definition) is 1. The summed E-state index contributed by atoms with van der Waals surface area (Å²) >= 11 is 0. The van der Waals surface area contributed by atoms with Crippen LogP contribution in [0.25, 0.3) is 0 Å². The highest BCUT2D eigenvalue weighted by Crippen LogP contribution is 2.25. The van der Waals surface area contributed by atoms with E-state index in [1.807, 2.05) is 6.07 Å². The van der Waals surface area contributed by atoms with Crippen molar-refractivity contribution in [3.8, 4) is 5.75 Å². The Labute approximate surface area is 122 Å². The van der Waals surface area contributed by atoms with Crippen molar-refractivity contribution in [3.63, 3.8) is 0 Å². The summed E-state index contributed by atoms with van der Waals surface area (Å²) in [7, 11) is 0. The fourth-order valence-corrected chi connectivity index (χ4v) is 1.67. The van der Waals surface area contributed by atoms with Gasteiger partial charge in [-0.25, -0.2) is 4.39 Å². The average Bonchev–Trinajstić information content (AvgIpc) is 2.26. The van der Waals surface area contributed by atoms with Crippen molar-refractivity contribution in [2.75, 3.05) is 6.61 Å². The molecule has 0 aliphatic heterocycles. The van der Waals surface area contributed by atoms with Gasteiger partial charge in [-0.2, -0.15) is 0 Å². The van der Waals surface area contributed by atoms with Crippen molar-refractivity contribution in [1.29, 1.82) is 0 Å². The molecule has 1 aromatic rings. The minimum atomic E-state index is -0.285. The van der Waals surface area contributed by atoms with Crippen LogP contribution in [0.5, 0.6) is 5.75 Å². The standard InChI is InChI=1S/C17H28FNO/c1-16(2,3)10-11-20-15-13(8-7-9-14(15)18)12-19-17(4,5)6/h7-9,19H,10-12H2,1-6H3. The topological polar surface area (TPSA) is 21.3 Å². The molecule has 1 N–H and O–H groups in total. The maximum Gasteiger partial charge on any atom is 0.165 e. The Morgan fingerprint density at radius 2 is 1.75 bits per heavy atom. The summed E-state index contributed by atoms with van der Waals surface area (Å²) in [5, 5.41) is 3.37. The number of ether oxygens (including phenoxy) is 1. The predicted octanol–water partition coefficient (Wildman–Crippen LogP) is 4.53. The fourth-order valence-electron chi connectivity index (χ4n) is 1.67. The first-order valence-electron chi connectivity index (χ1n) is 7.24. The van der Waals surface area contributed by atoms with Gasteiger partial charge in [-0.3, -0.25) is 0 Å². The molecule has 0 saturated carbocycles. The first kappa shape index (κ1) is 17.0. The van der Waals surface area contributed by atoms with Crippen LogP contribution in [-0.4, -0.2) is 12.1 Å². The van der Waals surface area contributed by atoms with Gasteiger partial charge in [-0.05, 0) is 38.7 Å². The van der Waals surface area contributed by atoms with Gasteiger partial charge in [0.1, 0.15) is 0 Å². The number of hydrogen-bond acceptors (Lipinski definition) is 2. The summed E-state index contributed by atoms with van der Waals surface area (Å²) in [6.07, 6.45) is 0.896. The second-order valence-corrected chi connectivity index (χ2v) is 7.49. The second kappa shape index (κ2) is 6.57. The number of nitrogens with one attached hydrogen (secondary N) is 1. The molecule has 1 aromatic carbocycles. The Morgan fingerprint density at radius 3 is 2.30 bits per heavy atom. The van der Waals surface area contributed by atoms with E-state index in [1.54, 1.807) is 6.07 Å². The van der Waals surface area contributed by atoms with E-state index >= 15 is 0 Å². The minimum Gasteiger partial charge on any atom is -0.490 e. The van der Waals surface area contributed by atoms with Gasteiger partial charge >= 0.3 is 0 Å². The summed E-state index contributed by atoms with van der Waals surface area (Å²) in [4.78, 5) is 0. The Morgan fingerprint density at radius 1 is 1.10 bits per heavy atom. The predicted molar refractivity (Wildman–Crippen MR) is 82.6 cm³/mol. The first-order valence-corrected chi connectivity index (χ1v) is 7.24. The minimum absolute atomic E-state index is 0.00496. The average molecular weight is 281 g/mol. The smallest absolute Gasteiger partial charge is 0.165 e. The molecule has 3 heteroatoms. The van der Waals surface area contributed by atoms with Crippen LogP contribution < -0.4 is 10.1 Å². The zero-order chi connectivity index (χ0) is 15.4. The number of para-hydroxylation sites is 1. The van der Waals surface area contributed by atoms with E-state index in [-0.39, 0.29) is 16.8 Å². The largest absolute Gasteiger partial charge is 0.490 e. The van der Waals surface area contributed by atoms with Gasteiger partial charge < -0.3 is 10.1 Å². The Hall–Kier alpha value is -1.09. The summed E-state index contributed by atoms with van der Waals surface area (Å²) in [6.45, 7) is 13.9. The molecule has 0 fully saturated rings. The van der Waals surface area contributed by atoms with Crippen LogP contribution in [0.2, 0.25) is 0 Å². The molecule has 0 aliphatic rings. The molecule has 0 bridgehead atoms. The molecular formula is C17H28FNO. The van der Waals surface area contributed by atoms with Crippen molar-refractivity contribution < 1.29 is 9.13 Å². The van der Waals surface area contributed by atoms with Gasteiger partial charge in [-0.1, -0.05) is 32.9 Å². The highest BCUT2D eigenvalue weighted by molar-refractivity contribution is 5.35. The normalized spacial score (nSPS) is 12.6. The van der Waals surface area contributed by atoms with Gasteiger partial charge in [0, 0.05) is 17.6 Å². The molecule has 0 unspecified atom stereocenters. The number of halogens is 1. The highest BCUT2D eigenvalue weighted by atomic mass is 19.1. The molecular weight excluding hydrogens is 253 g/mol. The highest BCUT2D eigenvalue weighted by Gasteiger charge is 2.15. The van der Waals surface area contributed by atoms with Crippen molar-refractivity contribution in [1.82, 2.24) is 5.32 Å². The van der Waals surface area contributed by atoms with Gasteiger partial charge in [0.25, 0.3) is 0 Å². The van der Waals surface area contributed by atoms with Crippen molar-refractivity contribution in [2.45, 2.75) is 60.0 Å². The van der Waals surface area contributed by atoms with E-state index in [2.05, 4.69) is 46.9 Å². The second-order valence-electron chi connectivity index (χ2n) is 7.49. The van der Waals surface area contributed by atoms with Crippen molar-refractivity contribution in [2.24, 2.45) is 5.41 Å². The Bertz CT molecular complexity index is 430. The molecule has 20 heavy (non-hydrogen) atoms. The first-order chi connectivity index (χ1) is 9.08. The van der Waals surface area contributed by atoms with E-state index in [0.717, 1.165) is 12.0 Å². The van der Waals surface area contributed by atoms with Gasteiger partial charge in [-0.15, -0.1) is 0 Å². The monoisotopic (exact) mass is 281 g/mol. The molecule has 0 aliphatic carbocycles. The van der Waals surface area contributed by atoms with Crippen LogP contribution in [0.3, 0.4) is 0 Å². The summed E-state index contributed by atoms with van der Waals surface area (Å²) in [5.74, 6) is 0.0978. The lowest BCUT2D eigenvalue weighted by molar-refractivity contribution is 0.232. The van der Waals surface area contributed by atoms with Crippen LogP contribution in [0.1, 0.15) is 53.5 Å².